The number of amides is 3. The van der Waals surface area contributed by atoms with E-state index in [4.69, 9.17) is 10.5 Å². The lowest BCUT2D eigenvalue weighted by Crippen LogP contribution is -2.55. The summed E-state index contributed by atoms with van der Waals surface area (Å²) in [5.74, 6) is -3.14. The smallest absolute Gasteiger partial charge is 0.252 e. The van der Waals surface area contributed by atoms with Crippen LogP contribution in [-0.2, 0) is 35.5 Å². The van der Waals surface area contributed by atoms with Gasteiger partial charge in [0.1, 0.15) is 17.8 Å². The molecule has 2 atom stereocenters. The van der Waals surface area contributed by atoms with Gasteiger partial charge in [-0.3, -0.25) is 19.4 Å². The van der Waals surface area contributed by atoms with Crippen LogP contribution in [0.1, 0.15) is 39.5 Å². The average Bonchev–Trinajstić information content (AvgIpc) is 3.06. The van der Waals surface area contributed by atoms with E-state index in [1.54, 1.807) is 24.3 Å². The van der Waals surface area contributed by atoms with Gasteiger partial charge in [0, 0.05) is 43.9 Å². The van der Waals surface area contributed by atoms with Crippen LogP contribution in [-0.4, -0.2) is 41.4 Å². The minimum atomic E-state index is -1.17. The maximum atomic E-state index is 14.0. The predicted molar refractivity (Wildman–Crippen MR) is 165 cm³/mol. The van der Waals surface area contributed by atoms with Gasteiger partial charge in [-0.1, -0.05) is 42.5 Å². The van der Waals surface area contributed by atoms with Crippen molar-refractivity contribution < 1.29 is 27.9 Å². The molecule has 11 heteroatoms. The first-order valence-corrected chi connectivity index (χ1v) is 14.5. The van der Waals surface area contributed by atoms with Crippen molar-refractivity contribution in [2.75, 3.05) is 6.61 Å². The summed E-state index contributed by atoms with van der Waals surface area (Å²) < 4.78 is 33.2. The Morgan fingerprint density at radius 1 is 0.756 bits per heavy atom. The molecule has 5 N–H and O–H groups in total. The highest BCUT2D eigenvalue weighted by atomic mass is 19.2. The van der Waals surface area contributed by atoms with E-state index in [0.717, 1.165) is 28.8 Å². The minimum Gasteiger partial charge on any atom is -0.494 e. The highest BCUT2D eigenvalue weighted by Gasteiger charge is 2.28. The van der Waals surface area contributed by atoms with Crippen LogP contribution < -0.4 is 26.4 Å². The summed E-state index contributed by atoms with van der Waals surface area (Å²) in [7, 11) is 0. The largest absolute Gasteiger partial charge is 0.494 e. The van der Waals surface area contributed by atoms with Crippen LogP contribution in [0.4, 0.5) is 8.78 Å². The van der Waals surface area contributed by atoms with E-state index in [1.807, 2.05) is 31.2 Å². The van der Waals surface area contributed by atoms with Gasteiger partial charge in [-0.05, 0) is 65.6 Å². The van der Waals surface area contributed by atoms with E-state index in [1.165, 1.54) is 30.6 Å². The fraction of sp³-hybridized carbons (Fsp3) is 0.235. The Balaban J connectivity index is 1.56. The zero-order chi connectivity index (χ0) is 32.2. The van der Waals surface area contributed by atoms with Gasteiger partial charge in [0.15, 0.2) is 11.6 Å². The minimum absolute atomic E-state index is 0.0993. The van der Waals surface area contributed by atoms with E-state index in [9.17, 15) is 23.2 Å². The Morgan fingerprint density at radius 2 is 1.36 bits per heavy atom. The molecule has 45 heavy (non-hydrogen) atoms. The number of hydrogen-bond donors (Lipinski definition) is 4. The van der Waals surface area contributed by atoms with Gasteiger partial charge < -0.3 is 26.4 Å². The van der Waals surface area contributed by atoms with E-state index >= 15 is 0 Å². The molecule has 4 rings (SSSR count). The summed E-state index contributed by atoms with van der Waals surface area (Å²) >= 11 is 0. The fourth-order valence-corrected chi connectivity index (χ4v) is 4.57. The lowest BCUT2D eigenvalue weighted by atomic mass is 10.0. The molecular weight excluding hydrogens is 580 g/mol. The standard InChI is InChI=1S/C34H35F2N5O4/c1-2-45-27-10-7-22(8-11-27)18-31(40-32(42)26-13-15-38-16-14-26)34(44)41-30(19-25-9-12-28(35)29(36)17-25)33(43)39-21-24-5-3-23(20-37)4-6-24/h3-17,30-31H,2,18-21,37H2,1H3,(H,39,43)(H,40,42)(H,41,44). The zero-order valence-corrected chi connectivity index (χ0v) is 24.8. The number of aromatic nitrogens is 1. The Bertz CT molecular complexity index is 1580. The second kappa shape index (κ2) is 16.1. The molecule has 0 aliphatic heterocycles. The first-order chi connectivity index (χ1) is 21.7. The fourth-order valence-electron chi connectivity index (χ4n) is 4.57. The van der Waals surface area contributed by atoms with Crippen molar-refractivity contribution >= 4 is 17.7 Å². The molecule has 0 aliphatic carbocycles. The molecule has 0 saturated heterocycles. The molecule has 9 nitrogen and oxygen atoms in total. The SMILES string of the molecule is CCOc1ccc(CC(NC(=O)c2ccncc2)C(=O)NC(Cc2ccc(F)c(F)c2)C(=O)NCc2ccc(CN)cc2)cc1. The van der Waals surface area contributed by atoms with E-state index in [0.29, 0.717) is 30.0 Å². The number of hydrogen-bond acceptors (Lipinski definition) is 6. The summed E-state index contributed by atoms with van der Waals surface area (Å²) in [5.41, 5.74) is 8.72. The highest BCUT2D eigenvalue weighted by molar-refractivity contribution is 5.98. The van der Waals surface area contributed by atoms with Crippen molar-refractivity contribution in [1.29, 1.82) is 0 Å². The lowest BCUT2D eigenvalue weighted by molar-refractivity contribution is -0.130. The first-order valence-electron chi connectivity index (χ1n) is 14.5. The van der Waals surface area contributed by atoms with Crippen LogP contribution in [0.15, 0.2) is 91.3 Å². The van der Waals surface area contributed by atoms with Crippen LogP contribution in [0.25, 0.3) is 0 Å². The van der Waals surface area contributed by atoms with Gasteiger partial charge in [0.2, 0.25) is 11.8 Å². The summed E-state index contributed by atoms with van der Waals surface area (Å²) in [6.45, 7) is 2.90. The van der Waals surface area contributed by atoms with Crippen LogP contribution in [0, 0.1) is 11.6 Å². The molecule has 0 bridgehead atoms. The molecule has 1 aromatic heterocycles. The van der Waals surface area contributed by atoms with Crippen molar-refractivity contribution in [3.8, 4) is 5.75 Å². The number of benzene rings is 3. The number of nitrogens with two attached hydrogens (primary N) is 1. The Morgan fingerprint density at radius 3 is 2.00 bits per heavy atom. The Labute approximate surface area is 260 Å². The molecule has 3 aromatic carbocycles. The zero-order valence-electron chi connectivity index (χ0n) is 24.8. The molecule has 4 aromatic rings. The molecule has 0 fully saturated rings. The number of nitrogens with zero attached hydrogens (tertiary/aromatic N) is 1. The maximum absolute atomic E-state index is 14.0. The van der Waals surface area contributed by atoms with Crippen LogP contribution in [0.5, 0.6) is 5.75 Å². The predicted octanol–water partition coefficient (Wildman–Crippen LogP) is 3.60. The molecule has 234 valence electrons. The summed E-state index contributed by atoms with van der Waals surface area (Å²) in [5, 5.41) is 8.28. The van der Waals surface area contributed by atoms with Crippen LogP contribution >= 0.6 is 0 Å². The third kappa shape index (κ3) is 9.67. The molecule has 3 amide bonds. The van der Waals surface area contributed by atoms with Gasteiger partial charge >= 0.3 is 0 Å². The number of halogens is 2. The van der Waals surface area contributed by atoms with Gasteiger partial charge in [-0.2, -0.15) is 0 Å². The van der Waals surface area contributed by atoms with Gasteiger partial charge in [0.25, 0.3) is 5.91 Å². The Kier molecular flexibility index (Phi) is 11.7. The number of carbonyl (C=O) groups excluding carboxylic acids is 3. The number of pyridine rings is 1. The molecule has 0 saturated carbocycles. The number of carbonyl (C=O) groups is 3. The molecule has 1 heterocycles. The van der Waals surface area contributed by atoms with E-state index < -0.39 is 41.4 Å². The maximum Gasteiger partial charge on any atom is 0.252 e. The van der Waals surface area contributed by atoms with Gasteiger partial charge in [-0.25, -0.2) is 8.78 Å². The van der Waals surface area contributed by atoms with Gasteiger partial charge in [0.05, 0.1) is 6.61 Å². The van der Waals surface area contributed by atoms with E-state index in [2.05, 4.69) is 20.9 Å². The second-order valence-electron chi connectivity index (χ2n) is 10.3. The molecule has 0 aliphatic rings. The Hall–Kier alpha value is -5.16. The monoisotopic (exact) mass is 615 g/mol. The van der Waals surface area contributed by atoms with Crippen molar-refractivity contribution in [3.63, 3.8) is 0 Å². The third-order valence-corrected chi connectivity index (χ3v) is 7.02. The third-order valence-electron chi connectivity index (χ3n) is 7.02. The lowest BCUT2D eigenvalue weighted by Gasteiger charge is -2.24. The quantitative estimate of drug-likeness (QED) is 0.171. The number of ether oxygens (including phenoxy) is 1. The van der Waals surface area contributed by atoms with Gasteiger partial charge in [-0.15, -0.1) is 0 Å². The molecular formula is C34H35F2N5O4. The van der Waals surface area contributed by atoms with Crippen molar-refractivity contribution in [2.45, 2.75) is 44.9 Å². The van der Waals surface area contributed by atoms with Crippen molar-refractivity contribution in [1.82, 2.24) is 20.9 Å². The summed E-state index contributed by atoms with van der Waals surface area (Å²) in [6.07, 6.45) is 2.89. The molecule has 0 spiro atoms. The first kappa shape index (κ1) is 32.7. The normalized spacial score (nSPS) is 12.1. The number of rotatable bonds is 14. The second-order valence-corrected chi connectivity index (χ2v) is 10.3. The van der Waals surface area contributed by atoms with Crippen molar-refractivity contribution in [2.24, 2.45) is 5.73 Å². The summed E-state index contributed by atoms with van der Waals surface area (Å²) in [4.78, 5) is 44.2. The average molecular weight is 616 g/mol. The number of nitrogens with one attached hydrogen (secondary N) is 3. The van der Waals surface area contributed by atoms with Crippen molar-refractivity contribution in [3.05, 3.63) is 131 Å². The van der Waals surface area contributed by atoms with E-state index in [-0.39, 0.29) is 19.4 Å². The molecule has 0 radical (unpaired) electrons. The highest BCUT2D eigenvalue weighted by Crippen LogP contribution is 2.15. The summed E-state index contributed by atoms with van der Waals surface area (Å²) in [6, 6.07) is 18.5. The van der Waals surface area contributed by atoms with Crippen LogP contribution in [0.2, 0.25) is 0 Å². The molecule has 2 unspecified atom stereocenters. The van der Waals surface area contributed by atoms with Crippen LogP contribution in [0.3, 0.4) is 0 Å². The topological polar surface area (TPSA) is 135 Å².